The van der Waals surface area contributed by atoms with Gasteiger partial charge in [-0.25, -0.2) is 0 Å². The van der Waals surface area contributed by atoms with E-state index in [1.54, 1.807) is 14.0 Å². The molecule has 0 fully saturated rings. The van der Waals surface area contributed by atoms with Crippen molar-refractivity contribution < 1.29 is 9.53 Å². The molecule has 1 amide bonds. The Balaban J connectivity index is 0.00000256. The highest BCUT2D eigenvalue weighted by atomic mass is 35.5. The van der Waals surface area contributed by atoms with E-state index in [0.29, 0.717) is 0 Å². The first-order chi connectivity index (χ1) is 7.56. The molecule has 0 heterocycles. The monoisotopic (exact) mass is 258 g/mol. The maximum Gasteiger partial charge on any atom is 0.237 e. The fourth-order valence-electron chi connectivity index (χ4n) is 1.45. The molecule has 2 unspecified atom stereocenters. The minimum atomic E-state index is -0.503. The van der Waals surface area contributed by atoms with Crippen LogP contribution >= 0.6 is 12.4 Å². The van der Waals surface area contributed by atoms with E-state index in [0.717, 1.165) is 11.3 Å². The number of hydrogen-bond acceptors (Lipinski definition) is 3. The van der Waals surface area contributed by atoms with Crippen LogP contribution in [0.5, 0.6) is 5.75 Å². The minimum Gasteiger partial charge on any atom is -0.496 e. The number of ether oxygens (including phenoxy) is 1. The molecule has 0 saturated heterocycles. The molecule has 4 nitrogen and oxygen atoms in total. The number of carbonyl (C=O) groups excluding carboxylic acids is 1. The zero-order chi connectivity index (χ0) is 12.1. The molecule has 0 aliphatic rings. The Morgan fingerprint density at radius 1 is 1.35 bits per heavy atom. The van der Waals surface area contributed by atoms with Crippen LogP contribution in [0.4, 0.5) is 0 Å². The fraction of sp³-hybridized carbons (Fsp3) is 0.417. The SMILES string of the molecule is COc1ccccc1C(C)NC(=O)C(C)N.Cl. The molecule has 17 heavy (non-hydrogen) atoms. The van der Waals surface area contributed by atoms with Crippen LogP contribution in [0, 0.1) is 0 Å². The van der Waals surface area contributed by atoms with Gasteiger partial charge in [0.2, 0.25) is 5.91 Å². The lowest BCUT2D eigenvalue weighted by Crippen LogP contribution is -2.39. The van der Waals surface area contributed by atoms with Crippen molar-refractivity contribution in [2.24, 2.45) is 5.73 Å². The molecule has 3 N–H and O–H groups in total. The largest absolute Gasteiger partial charge is 0.496 e. The lowest BCUT2D eigenvalue weighted by molar-refractivity contribution is -0.122. The van der Waals surface area contributed by atoms with Crippen LogP contribution in [0.3, 0.4) is 0 Å². The molecule has 96 valence electrons. The summed E-state index contributed by atoms with van der Waals surface area (Å²) in [5.74, 6) is 0.596. The van der Waals surface area contributed by atoms with Crippen molar-refractivity contribution in [3.63, 3.8) is 0 Å². The third-order valence-corrected chi connectivity index (χ3v) is 2.38. The highest BCUT2D eigenvalue weighted by molar-refractivity contribution is 5.85. The second-order valence-electron chi connectivity index (χ2n) is 3.76. The van der Waals surface area contributed by atoms with Gasteiger partial charge in [0.05, 0.1) is 19.2 Å². The number of nitrogens with two attached hydrogens (primary N) is 1. The average molecular weight is 259 g/mol. The number of nitrogens with one attached hydrogen (secondary N) is 1. The van der Waals surface area contributed by atoms with Crippen LogP contribution in [-0.2, 0) is 4.79 Å². The molecular weight excluding hydrogens is 240 g/mol. The summed E-state index contributed by atoms with van der Waals surface area (Å²) in [4.78, 5) is 11.4. The van der Waals surface area contributed by atoms with E-state index in [9.17, 15) is 4.79 Å². The molecule has 0 aromatic heterocycles. The minimum absolute atomic E-state index is 0. The Hall–Kier alpha value is -1.26. The van der Waals surface area contributed by atoms with Crippen molar-refractivity contribution >= 4 is 18.3 Å². The van der Waals surface area contributed by atoms with Crippen LogP contribution in [-0.4, -0.2) is 19.1 Å². The van der Waals surface area contributed by atoms with Gasteiger partial charge in [0.1, 0.15) is 5.75 Å². The first-order valence-electron chi connectivity index (χ1n) is 5.25. The summed E-state index contributed by atoms with van der Waals surface area (Å²) in [6.07, 6.45) is 0. The van der Waals surface area contributed by atoms with Crippen molar-refractivity contribution in [1.29, 1.82) is 0 Å². The molecular formula is C12H19ClN2O2. The normalized spacial score (nSPS) is 13.2. The van der Waals surface area contributed by atoms with Crippen molar-refractivity contribution in [3.8, 4) is 5.75 Å². The Kier molecular flexibility index (Phi) is 6.61. The van der Waals surface area contributed by atoms with E-state index in [4.69, 9.17) is 10.5 Å². The predicted molar refractivity (Wildman–Crippen MR) is 70.4 cm³/mol. The van der Waals surface area contributed by atoms with E-state index in [1.807, 2.05) is 31.2 Å². The highest BCUT2D eigenvalue weighted by Gasteiger charge is 2.15. The molecule has 0 saturated carbocycles. The molecule has 5 heteroatoms. The number of para-hydroxylation sites is 1. The van der Waals surface area contributed by atoms with E-state index < -0.39 is 6.04 Å². The molecule has 0 aliphatic heterocycles. The Morgan fingerprint density at radius 3 is 2.47 bits per heavy atom. The van der Waals surface area contributed by atoms with Crippen molar-refractivity contribution in [2.75, 3.05) is 7.11 Å². The first-order valence-corrected chi connectivity index (χ1v) is 5.25. The van der Waals surface area contributed by atoms with Gasteiger partial charge in [-0.15, -0.1) is 12.4 Å². The molecule has 2 atom stereocenters. The third kappa shape index (κ3) is 4.24. The lowest BCUT2D eigenvalue weighted by atomic mass is 10.1. The van der Waals surface area contributed by atoms with Crippen LogP contribution in [0.2, 0.25) is 0 Å². The van der Waals surface area contributed by atoms with Gasteiger partial charge >= 0.3 is 0 Å². The average Bonchev–Trinajstić information content (AvgIpc) is 2.28. The maximum atomic E-state index is 11.4. The summed E-state index contributed by atoms with van der Waals surface area (Å²) < 4.78 is 5.23. The summed E-state index contributed by atoms with van der Waals surface area (Å²) in [5.41, 5.74) is 6.43. The van der Waals surface area contributed by atoms with Crippen LogP contribution in [0.25, 0.3) is 0 Å². The molecule has 0 aliphatic carbocycles. The smallest absolute Gasteiger partial charge is 0.237 e. The number of carbonyl (C=O) groups is 1. The van der Waals surface area contributed by atoms with Crippen molar-refractivity contribution in [1.82, 2.24) is 5.32 Å². The van der Waals surface area contributed by atoms with Gasteiger partial charge in [-0.3, -0.25) is 4.79 Å². The Bertz CT molecular complexity index is 369. The van der Waals surface area contributed by atoms with Gasteiger partial charge < -0.3 is 15.8 Å². The first kappa shape index (κ1) is 15.7. The second-order valence-corrected chi connectivity index (χ2v) is 3.76. The summed E-state index contributed by atoms with van der Waals surface area (Å²) in [6, 6.07) is 6.97. The van der Waals surface area contributed by atoms with Gasteiger partial charge in [-0.2, -0.15) is 0 Å². The molecule has 0 radical (unpaired) electrons. The molecule has 1 aromatic carbocycles. The summed E-state index contributed by atoms with van der Waals surface area (Å²) in [6.45, 7) is 3.56. The standard InChI is InChI=1S/C12H18N2O2.ClH/c1-8(13)12(15)14-9(2)10-6-4-5-7-11(10)16-3;/h4-9H,13H2,1-3H3,(H,14,15);1H. The van der Waals surface area contributed by atoms with Gasteiger partial charge in [-0.05, 0) is 19.9 Å². The van der Waals surface area contributed by atoms with Crippen molar-refractivity contribution in [2.45, 2.75) is 25.9 Å². The zero-order valence-corrected chi connectivity index (χ0v) is 11.1. The number of halogens is 1. The van der Waals surface area contributed by atoms with Gasteiger partial charge in [0, 0.05) is 5.56 Å². The number of methoxy groups -OCH3 is 1. The van der Waals surface area contributed by atoms with Crippen LogP contribution < -0.4 is 15.8 Å². The summed E-state index contributed by atoms with van der Waals surface area (Å²) >= 11 is 0. The Morgan fingerprint density at radius 2 is 1.94 bits per heavy atom. The van der Waals surface area contributed by atoms with Crippen LogP contribution in [0.15, 0.2) is 24.3 Å². The third-order valence-electron chi connectivity index (χ3n) is 2.38. The van der Waals surface area contributed by atoms with Gasteiger partial charge in [0.25, 0.3) is 0 Å². The summed E-state index contributed by atoms with van der Waals surface area (Å²) in [5, 5.41) is 2.83. The molecule has 0 bridgehead atoms. The number of amides is 1. The summed E-state index contributed by atoms with van der Waals surface area (Å²) in [7, 11) is 1.61. The Labute approximate surface area is 108 Å². The second kappa shape index (κ2) is 7.14. The lowest BCUT2D eigenvalue weighted by Gasteiger charge is -2.18. The molecule has 1 aromatic rings. The van der Waals surface area contributed by atoms with Gasteiger partial charge in [-0.1, -0.05) is 18.2 Å². The fourth-order valence-corrected chi connectivity index (χ4v) is 1.45. The number of benzene rings is 1. The van der Waals surface area contributed by atoms with Gasteiger partial charge in [0.15, 0.2) is 0 Å². The van der Waals surface area contributed by atoms with Crippen molar-refractivity contribution in [3.05, 3.63) is 29.8 Å². The van der Waals surface area contributed by atoms with E-state index in [2.05, 4.69) is 5.32 Å². The zero-order valence-electron chi connectivity index (χ0n) is 10.3. The van der Waals surface area contributed by atoms with E-state index >= 15 is 0 Å². The quantitative estimate of drug-likeness (QED) is 0.863. The van der Waals surface area contributed by atoms with E-state index in [1.165, 1.54) is 0 Å². The molecule has 0 spiro atoms. The maximum absolute atomic E-state index is 11.4. The highest BCUT2D eigenvalue weighted by Crippen LogP contribution is 2.24. The topological polar surface area (TPSA) is 64.3 Å². The molecule has 1 rings (SSSR count). The predicted octanol–water partition coefficient (Wildman–Crippen LogP) is 1.64. The number of hydrogen-bond donors (Lipinski definition) is 2. The van der Waals surface area contributed by atoms with E-state index in [-0.39, 0.29) is 24.4 Å². The van der Waals surface area contributed by atoms with Crippen LogP contribution in [0.1, 0.15) is 25.5 Å². The number of rotatable bonds is 4.